The van der Waals surface area contributed by atoms with Crippen LogP contribution in [0.25, 0.3) is 5.69 Å². The highest BCUT2D eigenvalue weighted by Gasteiger charge is 2.18. The number of aromatic nitrogens is 2. The van der Waals surface area contributed by atoms with Crippen molar-refractivity contribution in [1.29, 1.82) is 0 Å². The fraction of sp³-hybridized carbons (Fsp3) is 0.500. The molecule has 1 fully saturated rings. The molecule has 3 rings (SSSR count). The second kappa shape index (κ2) is 10.0. The lowest BCUT2D eigenvalue weighted by atomic mass is 9.91. The predicted molar refractivity (Wildman–Crippen MR) is 106 cm³/mol. The van der Waals surface area contributed by atoms with Gasteiger partial charge >= 0.3 is 0 Å². The van der Waals surface area contributed by atoms with Gasteiger partial charge in [-0.05, 0) is 31.4 Å². The Morgan fingerprint density at radius 3 is 2.56 bits per heavy atom. The summed E-state index contributed by atoms with van der Waals surface area (Å²) in [6.45, 7) is 2.65. The Morgan fingerprint density at radius 2 is 1.85 bits per heavy atom. The van der Waals surface area contributed by atoms with Crippen LogP contribution >= 0.6 is 0 Å². The molecule has 1 aromatic heterocycles. The van der Waals surface area contributed by atoms with E-state index >= 15 is 0 Å². The van der Waals surface area contributed by atoms with Crippen LogP contribution in [0.2, 0.25) is 0 Å². The molecule has 0 N–H and O–H groups in total. The first-order chi connectivity index (χ1) is 13.3. The van der Waals surface area contributed by atoms with Crippen molar-refractivity contribution < 1.29 is 9.53 Å². The van der Waals surface area contributed by atoms with Crippen LogP contribution in [0.4, 0.5) is 0 Å². The van der Waals surface area contributed by atoms with E-state index in [2.05, 4.69) is 17.0 Å². The van der Waals surface area contributed by atoms with E-state index in [4.69, 9.17) is 4.74 Å². The van der Waals surface area contributed by atoms with Crippen LogP contribution in [0.1, 0.15) is 58.3 Å². The predicted octanol–water partition coefficient (Wildman–Crippen LogP) is 4.45. The molecule has 144 valence electrons. The Hall–Kier alpha value is -2.43. The third kappa shape index (κ3) is 5.52. The number of hydrogen-bond acceptors (Lipinski definition) is 3. The van der Waals surface area contributed by atoms with E-state index in [1.807, 2.05) is 36.4 Å². The fourth-order valence-corrected chi connectivity index (χ4v) is 3.45. The summed E-state index contributed by atoms with van der Waals surface area (Å²) >= 11 is 0. The molecule has 0 spiro atoms. The molecule has 0 radical (unpaired) electrons. The normalized spacial score (nSPS) is 16.6. The van der Waals surface area contributed by atoms with Crippen LogP contribution in [0.3, 0.4) is 0 Å². The third-order valence-electron chi connectivity index (χ3n) is 4.93. The van der Waals surface area contributed by atoms with Gasteiger partial charge in [0.15, 0.2) is 0 Å². The summed E-state index contributed by atoms with van der Waals surface area (Å²) in [6.07, 6.45) is 10.4. The lowest BCUT2D eigenvalue weighted by Crippen LogP contribution is -2.19. The topological polar surface area (TPSA) is 56.5 Å². The zero-order chi connectivity index (χ0) is 18.9. The molecule has 0 aliphatic heterocycles. The highest BCUT2D eigenvalue weighted by Crippen LogP contribution is 2.23. The molecule has 1 aromatic carbocycles. The SMILES string of the molecule is CCCOc1c/c(=N\C(=O)C2CCCCCCC2)cnn1-c1ccccc1. The average molecular weight is 367 g/mol. The molecule has 27 heavy (non-hydrogen) atoms. The molecular weight excluding hydrogens is 338 g/mol. The molecular formula is C22H29N3O2. The Balaban J connectivity index is 1.86. The van der Waals surface area contributed by atoms with Gasteiger partial charge in [0.05, 0.1) is 23.8 Å². The van der Waals surface area contributed by atoms with Crippen molar-refractivity contribution in [1.82, 2.24) is 9.78 Å². The lowest BCUT2D eigenvalue weighted by Gasteiger charge is -2.16. The number of ether oxygens (including phenoxy) is 1. The van der Waals surface area contributed by atoms with Crippen molar-refractivity contribution >= 4 is 5.91 Å². The quantitative estimate of drug-likeness (QED) is 0.784. The van der Waals surface area contributed by atoms with Gasteiger partial charge in [-0.25, -0.2) is 9.67 Å². The lowest BCUT2D eigenvalue weighted by molar-refractivity contribution is -0.122. The molecule has 1 saturated carbocycles. The smallest absolute Gasteiger partial charge is 0.249 e. The zero-order valence-electron chi connectivity index (χ0n) is 16.1. The van der Waals surface area contributed by atoms with Gasteiger partial charge in [-0.1, -0.05) is 57.2 Å². The van der Waals surface area contributed by atoms with Crippen LogP contribution < -0.4 is 10.1 Å². The van der Waals surface area contributed by atoms with Crippen molar-refractivity contribution in [2.75, 3.05) is 6.61 Å². The summed E-state index contributed by atoms with van der Waals surface area (Å²) in [5.74, 6) is 0.638. The molecule has 1 aliphatic rings. The monoisotopic (exact) mass is 367 g/mol. The molecule has 0 saturated heterocycles. The fourth-order valence-electron chi connectivity index (χ4n) is 3.45. The van der Waals surface area contributed by atoms with Crippen molar-refractivity contribution in [3.63, 3.8) is 0 Å². The third-order valence-corrected chi connectivity index (χ3v) is 4.93. The average Bonchev–Trinajstić information content (AvgIpc) is 2.67. The Morgan fingerprint density at radius 1 is 1.15 bits per heavy atom. The highest BCUT2D eigenvalue weighted by molar-refractivity contribution is 5.79. The maximum absolute atomic E-state index is 12.7. The summed E-state index contributed by atoms with van der Waals surface area (Å²) < 4.78 is 7.62. The number of rotatable bonds is 5. The Kier molecular flexibility index (Phi) is 7.19. The van der Waals surface area contributed by atoms with Gasteiger partial charge in [-0.15, -0.1) is 0 Å². The van der Waals surface area contributed by atoms with E-state index in [0.717, 1.165) is 37.8 Å². The minimum atomic E-state index is -0.0161. The largest absolute Gasteiger partial charge is 0.478 e. The Labute approximate surface area is 161 Å². The number of carbonyl (C=O) groups is 1. The van der Waals surface area contributed by atoms with Crippen LogP contribution in [-0.2, 0) is 4.79 Å². The molecule has 0 bridgehead atoms. The van der Waals surface area contributed by atoms with Gasteiger partial charge < -0.3 is 4.74 Å². The second-order valence-electron chi connectivity index (χ2n) is 7.14. The molecule has 2 aromatic rings. The molecule has 5 nitrogen and oxygen atoms in total. The van der Waals surface area contributed by atoms with Crippen LogP contribution in [-0.4, -0.2) is 22.3 Å². The highest BCUT2D eigenvalue weighted by atomic mass is 16.5. The van der Waals surface area contributed by atoms with E-state index in [9.17, 15) is 4.79 Å². The zero-order valence-corrected chi connectivity index (χ0v) is 16.1. The van der Waals surface area contributed by atoms with E-state index < -0.39 is 0 Å². The molecule has 0 atom stereocenters. The van der Waals surface area contributed by atoms with Crippen molar-refractivity contribution in [2.24, 2.45) is 10.9 Å². The van der Waals surface area contributed by atoms with Gasteiger partial charge in [-0.2, -0.15) is 5.10 Å². The molecule has 5 heteroatoms. The van der Waals surface area contributed by atoms with Crippen molar-refractivity contribution in [3.05, 3.63) is 48.0 Å². The maximum atomic E-state index is 12.7. The van der Waals surface area contributed by atoms with Crippen molar-refractivity contribution in [2.45, 2.75) is 58.3 Å². The van der Waals surface area contributed by atoms with Gasteiger partial charge in [-0.3, -0.25) is 4.79 Å². The summed E-state index contributed by atoms with van der Waals surface area (Å²) in [4.78, 5) is 17.0. The summed E-state index contributed by atoms with van der Waals surface area (Å²) in [5, 5.41) is 5.05. The second-order valence-corrected chi connectivity index (χ2v) is 7.14. The summed E-state index contributed by atoms with van der Waals surface area (Å²) in [5.41, 5.74) is 0.918. The van der Waals surface area contributed by atoms with Gasteiger partial charge in [0.2, 0.25) is 11.8 Å². The molecule has 1 aliphatic carbocycles. The van der Waals surface area contributed by atoms with E-state index in [1.165, 1.54) is 19.3 Å². The number of hydrogen-bond donors (Lipinski definition) is 0. The van der Waals surface area contributed by atoms with Crippen LogP contribution in [0.15, 0.2) is 47.6 Å². The van der Waals surface area contributed by atoms with Crippen molar-refractivity contribution in [3.8, 4) is 11.6 Å². The minimum absolute atomic E-state index is 0.0161. The first kappa shape index (κ1) is 19.3. The summed E-state index contributed by atoms with van der Waals surface area (Å²) in [7, 11) is 0. The summed E-state index contributed by atoms with van der Waals surface area (Å²) in [6, 6.07) is 11.7. The number of amides is 1. The van der Waals surface area contributed by atoms with E-state index in [0.29, 0.717) is 17.8 Å². The van der Waals surface area contributed by atoms with E-state index in [1.54, 1.807) is 10.9 Å². The number of nitrogens with zero attached hydrogens (tertiary/aromatic N) is 3. The molecule has 0 unspecified atom stereocenters. The standard InChI is InChI=1S/C22H29N3O2/c1-2-15-27-21-16-19(17-23-25(21)20-13-9-6-10-14-20)24-22(26)18-11-7-4-3-5-8-12-18/h6,9-10,13-14,16-18H,2-5,7-8,11-12,15H2,1H3/b24-19+. The Bertz CT molecular complexity index is 791. The van der Waals surface area contributed by atoms with Crippen LogP contribution in [0, 0.1) is 5.92 Å². The number of carbonyl (C=O) groups excluding carboxylic acids is 1. The van der Waals surface area contributed by atoms with Crippen LogP contribution in [0.5, 0.6) is 5.88 Å². The van der Waals surface area contributed by atoms with Gasteiger partial charge in [0.25, 0.3) is 0 Å². The van der Waals surface area contributed by atoms with Gasteiger partial charge in [0, 0.05) is 12.0 Å². The molecule has 1 heterocycles. The number of benzene rings is 1. The molecule has 1 amide bonds. The number of para-hydroxylation sites is 1. The van der Waals surface area contributed by atoms with E-state index in [-0.39, 0.29) is 11.8 Å². The first-order valence-corrected chi connectivity index (χ1v) is 10.1. The maximum Gasteiger partial charge on any atom is 0.249 e. The first-order valence-electron chi connectivity index (χ1n) is 10.1. The van der Waals surface area contributed by atoms with Gasteiger partial charge in [0.1, 0.15) is 0 Å². The minimum Gasteiger partial charge on any atom is -0.478 e.